The molecule has 1 aliphatic heterocycles. The van der Waals surface area contributed by atoms with Gasteiger partial charge in [-0.25, -0.2) is 4.79 Å². The normalized spacial score (nSPS) is 16.2. The molecular formula is C17H15ClF3NO4. The molecule has 1 heterocycles. The zero-order valence-electron chi connectivity index (χ0n) is 13.2. The van der Waals surface area contributed by atoms with Crippen molar-refractivity contribution >= 4 is 17.6 Å². The monoisotopic (exact) mass is 389 g/mol. The third-order valence-electron chi connectivity index (χ3n) is 3.74. The molecule has 0 aliphatic carbocycles. The van der Waals surface area contributed by atoms with Crippen molar-refractivity contribution in [3.8, 4) is 11.5 Å². The van der Waals surface area contributed by atoms with E-state index >= 15 is 0 Å². The Kier molecular flexibility index (Phi) is 5.99. The molecule has 0 saturated heterocycles. The third-order valence-corrected chi connectivity index (χ3v) is 3.99. The Morgan fingerprint density at radius 2 is 1.65 bits per heavy atom. The fourth-order valence-corrected chi connectivity index (χ4v) is 2.66. The molecule has 1 unspecified atom stereocenters. The van der Waals surface area contributed by atoms with Crippen LogP contribution >= 0.6 is 11.6 Å². The van der Waals surface area contributed by atoms with Crippen LogP contribution in [0.4, 0.5) is 13.2 Å². The number of aromatic hydroxyl groups is 2. The van der Waals surface area contributed by atoms with Crippen molar-refractivity contribution < 1.29 is 33.3 Å². The lowest BCUT2D eigenvalue weighted by Gasteiger charge is -2.27. The highest BCUT2D eigenvalue weighted by Crippen LogP contribution is 2.36. The second kappa shape index (κ2) is 7.84. The smallest absolute Gasteiger partial charge is 0.490 e. The van der Waals surface area contributed by atoms with Crippen molar-refractivity contribution in [2.45, 2.75) is 18.6 Å². The predicted molar refractivity (Wildman–Crippen MR) is 88.5 cm³/mol. The van der Waals surface area contributed by atoms with Crippen LogP contribution in [0.3, 0.4) is 0 Å². The number of fused-ring (bicyclic) bond motifs is 1. The maximum Gasteiger partial charge on any atom is 0.490 e. The summed E-state index contributed by atoms with van der Waals surface area (Å²) in [5, 5.41) is 30.5. The summed E-state index contributed by atoms with van der Waals surface area (Å²) in [5.41, 5.74) is 3.16. The van der Waals surface area contributed by atoms with Gasteiger partial charge in [0.15, 0.2) is 11.5 Å². The molecule has 1 aliphatic rings. The van der Waals surface area contributed by atoms with Crippen LogP contribution in [0.25, 0.3) is 0 Å². The molecule has 0 spiro atoms. The minimum absolute atomic E-state index is 0.0208. The van der Waals surface area contributed by atoms with E-state index in [0.717, 1.165) is 29.7 Å². The Morgan fingerprint density at radius 3 is 2.19 bits per heavy atom. The van der Waals surface area contributed by atoms with Crippen LogP contribution in [-0.2, 0) is 11.2 Å². The first-order chi connectivity index (χ1) is 12.1. The standard InChI is InChI=1S/C15H14ClNO2.C2HF3O2/c16-11-3-1-9(2-4-11)15-12-8-14(19)13(18)7-10(12)5-6-17-15;3-2(4,5)1(6)7/h1-4,7-8,15,17-19H,5-6H2;(H,6,7). The summed E-state index contributed by atoms with van der Waals surface area (Å²) in [5.74, 6) is -2.90. The number of alkyl halides is 3. The molecule has 0 bridgehead atoms. The van der Waals surface area contributed by atoms with Gasteiger partial charge in [0.1, 0.15) is 0 Å². The van der Waals surface area contributed by atoms with Gasteiger partial charge in [-0.1, -0.05) is 23.7 Å². The molecule has 0 saturated carbocycles. The average molecular weight is 390 g/mol. The van der Waals surface area contributed by atoms with Gasteiger partial charge in [-0.05, 0) is 47.4 Å². The number of nitrogens with one attached hydrogen (secondary N) is 1. The number of phenols is 2. The minimum Gasteiger partial charge on any atom is -0.504 e. The van der Waals surface area contributed by atoms with Gasteiger partial charge >= 0.3 is 12.1 Å². The molecule has 140 valence electrons. The Bertz CT molecular complexity index is 794. The average Bonchev–Trinajstić information content (AvgIpc) is 2.56. The van der Waals surface area contributed by atoms with Crippen molar-refractivity contribution in [1.29, 1.82) is 0 Å². The van der Waals surface area contributed by atoms with E-state index in [1.807, 2.05) is 24.3 Å². The van der Waals surface area contributed by atoms with Crippen LogP contribution < -0.4 is 5.32 Å². The third kappa shape index (κ3) is 4.80. The molecule has 4 N–H and O–H groups in total. The summed E-state index contributed by atoms with van der Waals surface area (Å²) in [6.45, 7) is 0.838. The van der Waals surface area contributed by atoms with Crippen LogP contribution in [0.1, 0.15) is 22.7 Å². The Morgan fingerprint density at radius 1 is 1.12 bits per heavy atom. The van der Waals surface area contributed by atoms with Crippen LogP contribution in [0.15, 0.2) is 36.4 Å². The number of hydrogen-bond acceptors (Lipinski definition) is 4. The molecule has 0 fully saturated rings. The Balaban J connectivity index is 0.000000298. The molecule has 3 rings (SSSR count). The lowest BCUT2D eigenvalue weighted by molar-refractivity contribution is -0.192. The van der Waals surface area contributed by atoms with Crippen LogP contribution in [0.2, 0.25) is 5.02 Å². The van der Waals surface area contributed by atoms with Gasteiger partial charge in [-0.3, -0.25) is 0 Å². The lowest BCUT2D eigenvalue weighted by Crippen LogP contribution is -2.30. The lowest BCUT2D eigenvalue weighted by atomic mass is 9.89. The quantitative estimate of drug-likeness (QED) is 0.559. The van der Waals surface area contributed by atoms with Crippen molar-refractivity contribution in [3.05, 3.63) is 58.1 Å². The number of carbonyl (C=O) groups is 1. The Labute approximate surface area is 151 Å². The van der Waals surface area contributed by atoms with Gasteiger partial charge in [-0.15, -0.1) is 0 Å². The van der Waals surface area contributed by atoms with E-state index in [2.05, 4.69) is 5.32 Å². The van der Waals surface area contributed by atoms with E-state index in [0.29, 0.717) is 5.02 Å². The molecular weight excluding hydrogens is 375 g/mol. The summed E-state index contributed by atoms with van der Waals surface area (Å²) in [6, 6.07) is 11.0. The molecule has 0 amide bonds. The number of phenolic OH excluding ortho intramolecular Hbond substituents is 2. The zero-order valence-corrected chi connectivity index (χ0v) is 14.0. The van der Waals surface area contributed by atoms with E-state index < -0.39 is 12.1 Å². The highest BCUT2D eigenvalue weighted by molar-refractivity contribution is 6.30. The van der Waals surface area contributed by atoms with Gasteiger partial charge < -0.3 is 20.6 Å². The van der Waals surface area contributed by atoms with Crippen molar-refractivity contribution in [3.63, 3.8) is 0 Å². The van der Waals surface area contributed by atoms with Crippen molar-refractivity contribution in [2.75, 3.05) is 6.54 Å². The summed E-state index contributed by atoms with van der Waals surface area (Å²) >= 11 is 5.90. The van der Waals surface area contributed by atoms with E-state index in [-0.39, 0.29) is 17.5 Å². The number of carboxylic acids is 1. The van der Waals surface area contributed by atoms with Crippen LogP contribution in [0.5, 0.6) is 11.5 Å². The number of benzene rings is 2. The molecule has 0 aromatic heterocycles. The highest BCUT2D eigenvalue weighted by atomic mass is 35.5. The highest BCUT2D eigenvalue weighted by Gasteiger charge is 2.38. The van der Waals surface area contributed by atoms with Crippen LogP contribution in [0, 0.1) is 0 Å². The summed E-state index contributed by atoms with van der Waals surface area (Å²) in [6.07, 6.45) is -4.24. The second-order valence-corrected chi connectivity index (χ2v) is 5.97. The molecule has 26 heavy (non-hydrogen) atoms. The first-order valence-corrected chi connectivity index (χ1v) is 7.81. The second-order valence-electron chi connectivity index (χ2n) is 5.53. The van der Waals surface area contributed by atoms with Crippen molar-refractivity contribution in [1.82, 2.24) is 5.32 Å². The zero-order chi connectivity index (χ0) is 19.5. The van der Waals surface area contributed by atoms with Crippen LogP contribution in [-0.4, -0.2) is 34.0 Å². The molecule has 5 nitrogen and oxygen atoms in total. The fourth-order valence-electron chi connectivity index (χ4n) is 2.54. The van der Waals surface area contributed by atoms with Gasteiger partial charge in [0, 0.05) is 11.6 Å². The topological polar surface area (TPSA) is 89.8 Å². The number of aliphatic carboxylic acids is 1. The molecule has 0 radical (unpaired) electrons. The van der Waals surface area contributed by atoms with E-state index in [1.165, 1.54) is 0 Å². The maximum absolute atomic E-state index is 10.6. The fraction of sp³-hybridized carbons (Fsp3) is 0.235. The van der Waals surface area contributed by atoms with Gasteiger partial charge in [0.25, 0.3) is 0 Å². The van der Waals surface area contributed by atoms with E-state index in [9.17, 15) is 23.4 Å². The summed E-state index contributed by atoms with van der Waals surface area (Å²) in [7, 11) is 0. The number of rotatable bonds is 1. The van der Waals surface area contributed by atoms with Crippen molar-refractivity contribution in [2.24, 2.45) is 0 Å². The predicted octanol–water partition coefficient (Wildman–Crippen LogP) is 3.62. The number of hydrogen-bond donors (Lipinski definition) is 4. The van der Waals surface area contributed by atoms with Gasteiger partial charge in [0.05, 0.1) is 6.04 Å². The summed E-state index contributed by atoms with van der Waals surface area (Å²) in [4.78, 5) is 8.90. The maximum atomic E-state index is 10.6. The molecule has 2 aromatic carbocycles. The minimum atomic E-state index is -5.08. The number of carboxylic acid groups (broad SMARTS) is 1. The Hall–Kier alpha value is -2.45. The molecule has 1 atom stereocenters. The van der Waals surface area contributed by atoms with Gasteiger partial charge in [-0.2, -0.15) is 13.2 Å². The summed E-state index contributed by atoms with van der Waals surface area (Å²) < 4.78 is 31.7. The SMILES string of the molecule is O=C(O)C(F)(F)F.Oc1cc2c(cc1O)C(c1ccc(Cl)cc1)NCC2. The van der Waals surface area contributed by atoms with E-state index in [4.69, 9.17) is 21.5 Å². The number of halogens is 4. The molecule has 9 heteroatoms. The van der Waals surface area contributed by atoms with Gasteiger partial charge in [0.2, 0.25) is 0 Å². The van der Waals surface area contributed by atoms with E-state index in [1.54, 1.807) is 12.1 Å². The first kappa shape index (κ1) is 19.9. The largest absolute Gasteiger partial charge is 0.504 e. The first-order valence-electron chi connectivity index (χ1n) is 7.43. The molecule has 2 aromatic rings.